The second-order valence-corrected chi connectivity index (χ2v) is 4.02. The Morgan fingerprint density at radius 1 is 1.69 bits per heavy atom. The maximum atomic E-state index is 10.8. The molecule has 0 radical (unpaired) electrons. The van der Waals surface area contributed by atoms with Crippen molar-refractivity contribution in [3.8, 4) is 0 Å². The molecule has 0 saturated heterocycles. The Kier molecular flexibility index (Phi) is 2.95. The maximum Gasteiger partial charge on any atom is 0.339 e. The normalized spacial score (nSPS) is 10.6. The van der Waals surface area contributed by atoms with E-state index in [-0.39, 0.29) is 5.56 Å². The quantitative estimate of drug-likeness (QED) is 0.812. The molecule has 0 saturated carbocycles. The molecule has 0 unspecified atom stereocenters. The van der Waals surface area contributed by atoms with E-state index in [1.807, 2.05) is 7.05 Å². The van der Waals surface area contributed by atoms with Crippen molar-refractivity contribution in [1.29, 1.82) is 0 Å². The van der Waals surface area contributed by atoms with Crippen LogP contribution >= 0.6 is 11.8 Å². The van der Waals surface area contributed by atoms with Gasteiger partial charge in [-0.25, -0.2) is 4.79 Å². The van der Waals surface area contributed by atoms with E-state index in [0.717, 1.165) is 0 Å². The Bertz CT molecular complexity index is 506. The van der Waals surface area contributed by atoms with E-state index >= 15 is 0 Å². The van der Waals surface area contributed by atoms with E-state index in [1.165, 1.54) is 24.1 Å². The highest BCUT2D eigenvalue weighted by Crippen LogP contribution is 2.22. The van der Waals surface area contributed by atoms with Crippen LogP contribution in [-0.2, 0) is 12.8 Å². The fourth-order valence-corrected chi connectivity index (χ4v) is 2.02. The zero-order valence-electron chi connectivity index (χ0n) is 8.45. The van der Waals surface area contributed by atoms with Crippen LogP contribution in [0.25, 0.3) is 0 Å². The Labute approximate surface area is 95.3 Å². The van der Waals surface area contributed by atoms with Crippen molar-refractivity contribution >= 4 is 17.7 Å². The number of rotatable bonds is 4. The van der Waals surface area contributed by atoms with E-state index in [4.69, 9.17) is 9.52 Å². The fourth-order valence-electron chi connectivity index (χ4n) is 1.18. The van der Waals surface area contributed by atoms with Crippen LogP contribution in [0.15, 0.2) is 28.2 Å². The van der Waals surface area contributed by atoms with Gasteiger partial charge in [0.2, 0.25) is 0 Å². The Balaban J connectivity index is 2.08. The van der Waals surface area contributed by atoms with Gasteiger partial charge in [0.05, 0.1) is 12.0 Å². The van der Waals surface area contributed by atoms with Gasteiger partial charge in [0.1, 0.15) is 17.7 Å². The predicted octanol–water partition coefficient (Wildman–Crippen LogP) is 1.40. The number of aryl methyl sites for hydroxylation is 1. The predicted molar refractivity (Wildman–Crippen MR) is 56.2 cm³/mol. The van der Waals surface area contributed by atoms with E-state index in [9.17, 15) is 4.79 Å². The van der Waals surface area contributed by atoms with Crippen molar-refractivity contribution in [3.05, 3.63) is 30.0 Å². The van der Waals surface area contributed by atoms with Crippen LogP contribution in [0, 0.1) is 0 Å². The number of carboxylic acids is 1. The number of aromatic nitrogens is 3. The summed E-state index contributed by atoms with van der Waals surface area (Å²) in [6.45, 7) is 0. The molecule has 0 amide bonds. The zero-order valence-corrected chi connectivity index (χ0v) is 9.27. The SMILES string of the molecule is Cn1cnnc1SCc1occc1C(=O)O. The van der Waals surface area contributed by atoms with Gasteiger partial charge in [-0.1, -0.05) is 11.8 Å². The van der Waals surface area contributed by atoms with Crippen LogP contribution < -0.4 is 0 Å². The Hall–Kier alpha value is -1.76. The molecule has 7 heteroatoms. The molecule has 0 fully saturated rings. The number of nitrogens with zero attached hydrogens (tertiary/aromatic N) is 3. The van der Waals surface area contributed by atoms with Crippen molar-refractivity contribution in [3.63, 3.8) is 0 Å². The van der Waals surface area contributed by atoms with Gasteiger partial charge >= 0.3 is 5.97 Å². The molecule has 0 aromatic carbocycles. The van der Waals surface area contributed by atoms with E-state index in [2.05, 4.69) is 10.2 Å². The first-order valence-corrected chi connectivity index (χ1v) is 5.43. The van der Waals surface area contributed by atoms with Crippen molar-refractivity contribution in [2.45, 2.75) is 10.9 Å². The summed E-state index contributed by atoms with van der Waals surface area (Å²) >= 11 is 1.38. The molecule has 16 heavy (non-hydrogen) atoms. The molecule has 6 nitrogen and oxygen atoms in total. The van der Waals surface area contributed by atoms with Crippen molar-refractivity contribution < 1.29 is 14.3 Å². The lowest BCUT2D eigenvalue weighted by molar-refractivity contribution is 0.0695. The minimum atomic E-state index is -0.984. The summed E-state index contributed by atoms with van der Waals surface area (Å²) in [7, 11) is 1.82. The highest BCUT2D eigenvalue weighted by atomic mass is 32.2. The highest BCUT2D eigenvalue weighted by Gasteiger charge is 2.14. The summed E-state index contributed by atoms with van der Waals surface area (Å²) in [5, 5.41) is 17.2. The molecule has 0 spiro atoms. The van der Waals surface area contributed by atoms with Gasteiger partial charge in [0.25, 0.3) is 0 Å². The van der Waals surface area contributed by atoms with Crippen LogP contribution in [-0.4, -0.2) is 25.8 Å². The average Bonchev–Trinajstić information content (AvgIpc) is 2.83. The summed E-state index contributed by atoms with van der Waals surface area (Å²) in [6.07, 6.45) is 2.96. The van der Waals surface area contributed by atoms with Gasteiger partial charge in [-0.15, -0.1) is 10.2 Å². The van der Waals surface area contributed by atoms with E-state index in [0.29, 0.717) is 16.7 Å². The summed E-state index contributed by atoms with van der Waals surface area (Å²) < 4.78 is 6.86. The third-order valence-electron chi connectivity index (χ3n) is 1.98. The van der Waals surface area contributed by atoms with Crippen LogP contribution in [0.3, 0.4) is 0 Å². The second kappa shape index (κ2) is 4.40. The van der Waals surface area contributed by atoms with Crippen LogP contribution in [0.5, 0.6) is 0 Å². The number of furan rings is 1. The lowest BCUT2D eigenvalue weighted by Crippen LogP contribution is -1.98. The molecule has 2 aromatic rings. The molecular weight excluding hydrogens is 230 g/mol. The number of thioether (sulfide) groups is 1. The lowest BCUT2D eigenvalue weighted by Gasteiger charge is -1.99. The zero-order chi connectivity index (χ0) is 11.5. The molecule has 84 valence electrons. The Morgan fingerprint density at radius 2 is 2.50 bits per heavy atom. The molecule has 2 aromatic heterocycles. The molecule has 1 N–H and O–H groups in total. The molecule has 0 bridgehead atoms. The monoisotopic (exact) mass is 239 g/mol. The van der Waals surface area contributed by atoms with Crippen LogP contribution in [0.1, 0.15) is 16.1 Å². The van der Waals surface area contributed by atoms with Crippen LogP contribution in [0.4, 0.5) is 0 Å². The third kappa shape index (κ3) is 2.08. The molecule has 0 aliphatic heterocycles. The van der Waals surface area contributed by atoms with Gasteiger partial charge in [-0.05, 0) is 6.07 Å². The molecule has 0 aliphatic carbocycles. The van der Waals surface area contributed by atoms with Gasteiger partial charge in [-0.2, -0.15) is 0 Å². The maximum absolute atomic E-state index is 10.8. The fraction of sp³-hybridized carbons (Fsp3) is 0.222. The summed E-state index contributed by atoms with van der Waals surface area (Å²) in [5.41, 5.74) is 0.190. The van der Waals surface area contributed by atoms with Crippen molar-refractivity contribution in [2.24, 2.45) is 7.05 Å². The molecule has 0 aliphatic rings. The first kappa shape index (κ1) is 10.7. The number of aromatic carboxylic acids is 1. The van der Waals surface area contributed by atoms with Gasteiger partial charge < -0.3 is 14.1 Å². The Morgan fingerprint density at radius 3 is 3.12 bits per heavy atom. The first-order chi connectivity index (χ1) is 7.68. The minimum absolute atomic E-state index is 0.190. The highest BCUT2D eigenvalue weighted by molar-refractivity contribution is 7.98. The van der Waals surface area contributed by atoms with Crippen molar-refractivity contribution in [2.75, 3.05) is 0 Å². The molecule has 0 atom stereocenters. The van der Waals surface area contributed by atoms with Crippen molar-refractivity contribution in [1.82, 2.24) is 14.8 Å². The summed E-state index contributed by atoms with van der Waals surface area (Å²) in [5.74, 6) is -0.135. The second-order valence-electron chi connectivity index (χ2n) is 3.08. The van der Waals surface area contributed by atoms with Gasteiger partial charge in [0, 0.05) is 7.05 Å². The molecular formula is C9H9N3O3S. The smallest absolute Gasteiger partial charge is 0.339 e. The number of hydrogen-bond acceptors (Lipinski definition) is 5. The number of hydrogen-bond donors (Lipinski definition) is 1. The standard InChI is InChI=1S/C9H9N3O3S/c1-12-5-10-11-9(12)16-4-7-6(8(13)14)2-3-15-7/h2-3,5H,4H2,1H3,(H,13,14). The lowest BCUT2D eigenvalue weighted by atomic mass is 10.3. The topological polar surface area (TPSA) is 81.2 Å². The first-order valence-electron chi connectivity index (χ1n) is 4.45. The summed E-state index contributed by atoms with van der Waals surface area (Å²) in [4.78, 5) is 10.8. The summed E-state index contributed by atoms with van der Waals surface area (Å²) in [6, 6.07) is 1.44. The molecule has 2 rings (SSSR count). The van der Waals surface area contributed by atoms with E-state index in [1.54, 1.807) is 10.9 Å². The number of carbonyl (C=O) groups is 1. The van der Waals surface area contributed by atoms with Gasteiger partial charge in [0.15, 0.2) is 5.16 Å². The van der Waals surface area contributed by atoms with Gasteiger partial charge in [-0.3, -0.25) is 0 Å². The number of carboxylic acid groups (broad SMARTS) is 1. The average molecular weight is 239 g/mol. The van der Waals surface area contributed by atoms with Crippen LogP contribution in [0.2, 0.25) is 0 Å². The molecule has 2 heterocycles. The van der Waals surface area contributed by atoms with E-state index < -0.39 is 5.97 Å². The minimum Gasteiger partial charge on any atom is -0.478 e. The third-order valence-corrected chi connectivity index (χ3v) is 3.01. The largest absolute Gasteiger partial charge is 0.478 e.